The molecule has 13 aromatic carbocycles. The third kappa shape index (κ3) is 13.6. The van der Waals surface area contributed by atoms with Crippen LogP contribution in [0.5, 0.6) is 69.0 Å². The molecule has 3 aliphatic carbocycles. The minimum absolute atomic E-state index is 0.0939. The Kier molecular flexibility index (Phi) is 20.2. The molecule has 0 spiro atoms. The van der Waals surface area contributed by atoms with Crippen LogP contribution in [0, 0.1) is 0 Å². The van der Waals surface area contributed by atoms with Gasteiger partial charge >= 0.3 is 17.4 Å². The van der Waals surface area contributed by atoms with E-state index in [4.69, 9.17) is 56.8 Å². The van der Waals surface area contributed by atoms with Gasteiger partial charge in [0, 0.05) is 103 Å². The molecule has 18 nitrogen and oxygen atoms in total. The summed E-state index contributed by atoms with van der Waals surface area (Å²) in [5, 5.41) is 0. The first-order valence-corrected chi connectivity index (χ1v) is 40.5. The number of ketones is 6. The Labute approximate surface area is 691 Å². The van der Waals surface area contributed by atoms with Crippen LogP contribution in [0.2, 0.25) is 0 Å². The Balaban J connectivity index is 0.524. The van der Waals surface area contributed by atoms with Gasteiger partial charge in [0.25, 0.3) is 0 Å². The average Bonchev–Trinajstić information content (AvgIpc) is 1.53. The normalized spacial score (nSPS) is 14.7. The fourth-order valence-electron chi connectivity index (χ4n) is 16.7. The fraction of sp³-hybridized carbons (Fsp3) is 0.176. The van der Waals surface area contributed by atoms with Gasteiger partial charge < -0.3 is 56.8 Å². The highest BCUT2D eigenvalue weighted by Crippen LogP contribution is 2.58. The number of benzene rings is 13. The lowest BCUT2D eigenvalue weighted by Crippen LogP contribution is -2.37. The predicted octanol–water partition coefficient (Wildman–Crippen LogP) is 19.9. The van der Waals surface area contributed by atoms with E-state index in [1.165, 1.54) is 0 Å². The van der Waals surface area contributed by atoms with Crippen LogP contribution in [0.1, 0.15) is 187 Å². The van der Waals surface area contributed by atoms with E-state index in [2.05, 4.69) is 0 Å². The van der Waals surface area contributed by atoms with E-state index in [-0.39, 0.29) is 173 Å². The fourth-order valence-corrected chi connectivity index (χ4v) is 16.7. The first kappa shape index (κ1) is 75.5. The minimum atomic E-state index is -1.47. The summed E-state index contributed by atoms with van der Waals surface area (Å²) in [5.74, 6) is -3.01. The molecule has 120 heavy (non-hydrogen) atoms. The second kappa shape index (κ2) is 32.2. The highest BCUT2D eigenvalue weighted by atomic mass is 16.7. The minimum Gasteiger partial charge on any atom is -0.493 e. The van der Waals surface area contributed by atoms with E-state index in [1.54, 1.807) is 91.0 Å². The Morgan fingerprint density at radius 2 is 0.392 bits per heavy atom. The molecule has 3 aliphatic heterocycles. The molecule has 0 radical (unpaired) electrons. The molecule has 0 N–H and O–H groups in total. The zero-order valence-corrected chi connectivity index (χ0v) is 65.2. The number of ether oxygens (including phenoxy) is 12. The number of unbranched alkanes of at least 4 members (excludes halogenated alkanes) is 6. The zero-order valence-electron chi connectivity index (χ0n) is 65.2. The topological polar surface area (TPSA) is 213 Å². The lowest BCUT2D eigenvalue weighted by atomic mass is 9.83. The van der Waals surface area contributed by atoms with E-state index in [9.17, 15) is 28.8 Å². The van der Waals surface area contributed by atoms with Gasteiger partial charge in [-0.2, -0.15) is 0 Å². The van der Waals surface area contributed by atoms with Crippen LogP contribution in [-0.4, -0.2) is 74.3 Å². The monoisotopic (exact) mass is 1590 g/mol. The van der Waals surface area contributed by atoms with Gasteiger partial charge in [0.05, 0.1) is 73.0 Å². The Morgan fingerprint density at radius 1 is 0.200 bits per heavy atom. The standard InChI is InChI=1S/C102H78O18/c103-91-73-46-22-25-49-76(73)94(106)88-85(91)79(61-82-97(88)118-100(115-82,64-34-10-1-11-35-64)65-36-12-2-13-37-65)112-55-31-7-28-52-109-70-58-71(110-53-29-8-32-56-113-80-62-83-98(89-86(80)92(104)74-47-23-26-50-77(74)95(89)107)119-101(116-83,66-38-14-3-15-39-66)67-40-16-4-17-41-67)60-72(59-70)111-54-30-9-33-57-114-81-63-84-99(90-87(81)93(105)75-48-24-27-51-78(75)96(90)108)120-102(117-84,68-42-18-5-19-43-68)69-44-20-6-21-45-69/h1-6,10-27,34-51,58-63H,7-9,28-33,52-57H2. The van der Waals surface area contributed by atoms with Gasteiger partial charge in [-0.1, -0.05) is 255 Å². The van der Waals surface area contributed by atoms with Crippen molar-refractivity contribution < 1.29 is 85.6 Å². The van der Waals surface area contributed by atoms with Crippen molar-refractivity contribution in [2.45, 2.75) is 75.1 Å². The molecule has 18 heteroatoms. The summed E-state index contributed by atoms with van der Waals surface area (Å²) in [4.78, 5) is 87.7. The summed E-state index contributed by atoms with van der Waals surface area (Å²) >= 11 is 0. The molecule has 0 saturated heterocycles. The van der Waals surface area contributed by atoms with Crippen molar-refractivity contribution in [3.63, 3.8) is 0 Å². The van der Waals surface area contributed by atoms with Crippen LogP contribution < -0.4 is 56.8 Å². The van der Waals surface area contributed by atoms with Crippen LogP contribution in [0.15, 0.2) is 291 Å². The number of hydrogen-bond donors (Lipinski definition) is 0. The van der Waals surface area contributed by atoms with Crippen LogP contribution in [-0.2, 0) is 17.4 Å². The summed E-state index contributed by atoms with van der Waals surface area (Å²) in [6.45, 7) is 1.60. The molecule has 3 heterocycles. The van der Waals surface area contributed by atoms with Gasteiger partial charge in [-0.3, -0.25) is 28.8 Å². The number of hydrogen-bond acceptors (Lipinski definition) is 18. The van der Waals surface area contributed by atoms with Gasteiger partial charge in [-0.15, -0.1) is 0 Å². The second-order valence-corrected chi connectivity index (χ2v) is 30.0. The summed E-state index contributed by atoms with van der Waals surface area (Å²) in [6, 6.07) is 87.8. The predicted molar refractivity (Wildman–Crippen MR) is 445 cm³/mol. The lowest BCUT2D eigenvalue weighted by Gasteiger charge is -2.28. The molecule has 594 valence electrons. The molecule has 0 fully saturated rings. The van der Waals surface area contributed by atoms with Crippen molar-refractivity contribution in [3.05, 3.63) is 391 Å². The van der Waals surface area contributed by atoms with Gasteiger partial charge in [0.1, 0.15) is 34.5 Å². The summed E-state index contributed by atoms with van der Waals surface area (Å²) < 4.78 is 80.1. The quantitative estimate of drug-likeness (QED) is 0.0383. The summed E-state index contributed by atoms with van der Waals surface area (Å²) in [7, 11) is 0. The maximum atomic E-state index is 14.7. The van der Waals surface area contributed by atoms with Crippen molar-refractivity contribution in [1.29, 1.82) is 0 Å². The Morgan fingerprint density at radius 3 is 0.608 bits per heavy atom. The molecule has 6 aliphatic rings. The molecule has 13 aromatic rings. The van der Waals surface area contributed by atoms with Crippen molar-refractivity contribution in [3.8, 4) is 69.0 Å². The Hall–Kier alpha value is -14.5. The molecule has 0 atom stereocenters. The maximum absolute atomic E-state index is 14.7. The highest BCUT2D eigenvalue weighted by Gasteiger charge is 2.54. The summed E-state index contributed by atoms with van der Waals surface area (Å²) in [6.07, 6.45) is 5.60. The second-order valence-electron chi connectivity index (χ2n) is 30.0. The van der Waals surface area contributed by atoms with Crippen molar-refractivity contribution in [2.75, 3.05) is 39.6 Å². The lowest BCUT2D eigenvalue weighted by molar-refractivity contribution is -0.0464. The van der Waals surface area contributed by atoms with E-state index in [0.29, 0.717) is 128 Å². The molecule has 0 amide bonds. The van der Waals surface area contributed by atoms with Crippen LogP contribution >= 0.6 is 0 Å². The average molecular weight is 1590 g/mol. The molecule has 0 bridgehead atoms. The molecule has 19 rings (SSSR count). The maximum Gasteiger partial charge on any atom is 0.305 e. The molecule has 0 saturated carbocycles. The number of carbonyl (C=O) groups excluding carboxylic acids is 6. The smallest absolute Gasteiger partial charge is 0.305 e. The van der Waals surface area contributed by atoms with Crippen LogP contribution in [0.25, 0.3) is 0 Å². The number of carbonyl (C=O) groups is 6. The largest absolute Gasteiger partial charge is 0.493 e. The molecular weight excluding hydrogens is 1510 g/mol. The van der Waals surface area contributed by atoms with Gasteiger partial charge in [0.15, 0.2) is 69.2 Å². The molecule has 0 unspecified atom stereocenters. The third-order valence-electron chi connectivity index (χ3n) is 22.5. The van der Waals surface area contributed by atoms with E-state index < -0.39 is 17.4 Å². The van der Waals surface area contributed by atoms with Gasteiger partial charge in [-0.05, 0) is 57.8 Å². The molecule has 0 aromatic heterocycles. The SMILES string of the molecule is O=C1c2ccccc2C(=O)c2c3c(cc(OCCCCCOc4cc(OCCCCCOc5cc6c(c7c5C(=O)c5ccccc5C7=O)OC(c5ccccc5)(c5ccccc5)O6)cc(OCCCCCOc5cc6c(c7c5C(=O)c5ccccc5C7=O)OC(c5ccccc5)(c5ccccc5)O6)c4)c21)OC(c1ccccc1)(c1ccccc1)O3. The molecular formula is C102H78O18. The number of rotatable bonds is 30. The van der Waals surface area contributed by atoms with E-state index >= 15 is 0 Å². The first-order chi connectivity index (χ1) is 59.0. The summed E-state index contributed by atoms with van der Waals surface area (Å²) in [5.41, 5.74) is 6.47. The van der Waals surface area contributed by atoms with Crippen LogP contribution in [0.3, 0.4) is 0 Å². The third-order valence-corrected chi connectivity index (χ3v) is 22.5. The first-order valence-electron chi connectivity index (χ1n) is 40.5. The van der Waals surface area contributed by atoms with Gasteiger partial charge in [-0.25, -0.2) is 0 Å². The Bertz CT molecular complexity index is 5440. The van der Waals surface area contributed by atoms with E-state index in [0.717, 1.165) is 0 Å². The van der Waals surface area contributed by atoms with Crippen LogP contribution in [0.4, 0.5) is 0 Å². The van der Waals surface area contributed by atoms with Crippen molar-refractivity contribution in [2.24, 2.45) is 0 Å². The highest BCUT2D eigenvalue weighted by molar-refractivity contribution is 6.32. The van der Waals surface area contributed by atoms with E-state index in [1.807, 2.05) is 200 Å². The number of fused-ring (bicyclic) bond motifs is 12. The van der Waals surface area contributed by atoms with Crippen molar-refractivity contribution >= 4 is 34.7 Å². The van der Waals surface area contributed by atoms with Gasteiger partial charge in [0.2, 0.25) is 0 Å². The zero-order chi connectivity index (χ0) is 81.3. The van der Waals surface area contributed by atoms with Crippen molar-refractivity contribution in [1.82, 2.24) is 0 Å².